The average molecular weight is 801 g/mol. The van der Waals surface area contributed by atoms with Crippen molar-refractivity contribution in [2.24, 2.45) is 11.8 Å². The van der Waals surface area contributed by atoms with Crippen molar-refractivity contribution in [2.75, 3.05) is 0 Å². The van der Waals surface area contributed by atoms with Crippen LogP contribution in [0.1, 0.15) is 150 Å². The number of hydrogen-bond acceptors (Lipinski definition) is 3. The van der Waals surface area contributed by atoms with Crippen LogP contribution in [0.25, 0.3) is 0 Å². The molecule has 0 aromatic heterocycles. The Balaban J connectivity index is -0.000000207. The maximum atomic E-state index is 9.16. The van der Waals surface area contributed by atoms with Gasteiger partial charge in [0, 0.05) is 4.90 Å². The van der Waals surface area contributed by atoms with Gasteiger partial charge in [0.1, 0.15) is 12.0 Å². The summed E-state index contributed by atoms with van der Waals surface area (Å²) >= 11 is 1.76. The number of rotatable bonds is 15. The van der Waals surface area contributed by atoms with E-state index in [2.05, 4.69) is 138 Å². The quantitative estimate of drug-likeness (QED) is 0.0945. The van der Waals surface area contributed by atoms with Crippen molar-refractivity contribution in [2.45, 2.75) is 159 Å². The summed E-state index contributed by atoms with van der Waals surface area (Å²) in [6.07, 6.45) is 17.6. The first kappa shape index (κ1) is 62.4. The van der Waals surface area contributed by atoms with E-state index in [9.17, 15) is 0 Å². The molecule has 0 saturated heterocycles. The van der Waals surface area contributed by atoms with E-state index in [4.69, 9.17) is 9.90 Å². The van der Waals surface area contributed by atoms with Crippen molar-refractivity contribution >= 4 is 18.0 Å². The molecule has 0 fully saturated rings. The van der Waals surface area contributed by atoms with Crippen molar-refractivity contribution in [1.82, 2.24) is 0 Å². The van der Waals surface area contributed by atoms with Gasteiger partial charge in [-0.25, -0.2) is 0 Å². The number of aromatic hydroxyl groups is 1. The minimum Gasteiger partial charge on any atom is -0.508 e. The van der Waals surface area contributed by atoms with E-state index in [1.807, 2.05) is 51.1 Å². The molecule has 0 amide bonds. The zero-order valence-corrected chi connectivity index (χ0v) is 40.1. The maximum absolute atomic E-state index is 9.16. The zero-order chi connectivity index (χ0) is 44.9. The first-order valence-corrected chi connectivity index (χ1v) is 22.2. The first-order chi connectivity index (χ1) is 27.3. The standard InChI is InChI=1S/C18H24S.C13H20O.C8H10.C4H10.C4H8.C3H6.C2H4O.C2H6/c1-6-9-15(4)19-18-11-8-10-17(16(18)5)13-12-14(3)7-2;1-4-12(10(2)3)9-11-5-7-13(14)8-6-11;1-2-8-6-4-3-5-7-8;2*1-3-4-2;1-3-2;1-2-3;1-2/h6,8,10-11H,1,3-4,7,9,12-13H2,2,5H3;5-8,10,12,14H,4,9H2,1-3H3;3-7H,2H2,1H3;3-4H2,1-2H3;3H,1,4H2,2H3;3H,1H2,2H3;2H,1H3;1-2H3. The van der Waals surface area contributed by atoms with Gasteiger partial charge in [0.2, 0.25) is 0 Å². The monoisotopic (exact) mass is 801 g/mol. The van der Waals surface area contributed by atoms with Gasteiger partial charge in [0.15, 0.2) is 0 Å². The SMILES string of the molecule is C=CC.C=CCC.C=CCC(=C)Sc1cccc(CCC(=C)CC)c1C.CC.CC=O.CCC(Cc1ccc(O)cc1)C(C)C.CCCC.CCc1ccccc1. The van der Waals surface area contributed by atoms with Crippen LogP contribution in [0.3, 0.4) is 0 Å². The summed E-state index contributed by atoms with van der Waals surface area (Å²) < 4.78 is 0. The van der Waals surface area contributed by atoms with Gasteiger partial charge in [0.25, 0.3) is 0 Å². The van der Waals surface area contributed by atoms with Gasteiger partial charge in [-0.1, -0.05) is 192 Å². The highest BCUT2D eigenvalue weighted by atomic mass is 32.2. The van der Waals surface area contributed by atoms with Gasteiger partial charge < -0.3 is 9.90 Å². The van der Waals surface area contributed by atoms with Crippen LogP contribution in [0, 0.1) is 18.8 Å². The number of carbonyl (C=O) groups excluding carboxylic acids is 1. The summed E-state index contributed by atoms with van der Waals surface area (Å²) in [6.45, 7) is 45.8. The fourth-order valence-corrected chi connectivity index (χ4v) is 5.33. The molecule has 57 heavy (non-hydrogen) atoms. The third-order valence-electron chi connectivity index (χ3n) is 8.21. The molecule has 0 radical (unpaired) electrons. The van der Waals surface area contributed by atoms with Crippen molar-refractivity contribution < 1.29 is 9.90 Å². The molecule has 3 heteroatoms. The Kier molecular flexibility index (Phi) is 52.9. The Bertz CT molecular complexity index is 1340. The molecule has 3 aromatic rings. The van der Waals surface area contributed by atoms with Crippen molar-refractivity contribution in [3.05, 3.63) is 157 Å². The number of carbonyl (C=O) groups is 1. The molecule has 322 valence electrons. The highest BCUT2D eigenvalue weighted by molar-refractivity contribution is 8.03. The van der Waals surface area contributed by atoms with Gasteiger partial charge in [0.05, 0.1) is 0 Å². The number of thioether (sulfide) groups is 1. The second-order valence-corrected chi connectivity index (χ2v) is 14.5. The van der Waals surface area contributed by atoms with Crippen molar-refractivity contribution in [3.63, 3.8) is 0 Å². The third-order valence-corrected chi connectivity index (χ3v) is 9.33. The van der Waals surface area contributed by atoms with Gasteiger partial charge in [-0.3, -0.25) is 0 Å². The number of aryl methyl sites for hydroxylation is 2. The summed E-state index contributed by atoms with van der Waals surface area (Å²) in [4.78, 5) is 11.3. The molecule has 0 aliphatic carbocycles. The number of aldehydes is 1. The lowest BCUT2D eigenvalue weighted by atomic mass is 9.87. The fraction of sp³-hybridized carbons (Fsp3) is 0.463. The lowest BCUT2D eigenvalue weighted by Gasteiger charge is -2.18. The van der Waals surface area contributed by atoms with Crippen LogP contribution in [0.4, 0.5) is 0 Å². The highest BCUT2D eigenvalue weighted by Gasteiger charge is 2.11. The minimum atomic E-state index is 0.353. The Morgan fingerprint density at radius 2 is 1.28 bits per heavy atom. The molecular formula is C54H88O2S. The molecule has 1 atom stereocenters. The van der Waals surface area contributed by atoms with Crippen LogP contribution in [-0.2, 0) is 24.1 Å². The van der Waals surface area contributed by atoms with E-state index >= 15 is 0 Å². The second-order valence-electron chi connectivity index (χ2n) is 13.2. The van der Waals surface area contributed by atoms with Crippen molar-refractivity contribution in [3.8, 4) is 5.75 Å². The van der Waals surface area contributed by atoms with Crippen LogP contribution in [0.5, 0.6) is 5.75 Å². The van der Waals surface area contributed by atoms with Crippen LogP contribution in [-0.4, -0.2) is 11.4 Å². The number of allylic oxidation sites excluding steroid dienone is 5. The summed E-state index contributed by atoms with van der Waals surface area (Å²) in [6, 6.07) is 24.5. The third kappa shape index (κ3) is 41.6. The predicted molar refractivity (Wildman–Crippen MR) is 265 cm³/mol. The summed E-state index contributed by atoms with van der Waals surface area (Å²) in [5, 5.41) is 9.16. The van der Waals surface area contributed by atoms with E-state index in [0.717, 1.165) is 68.0 Å². The van der Waals surface area contributed by atoms with Gasteiger partial charge in [-0.2, -0.15) is 0 Å². The molecule has 0 bridgehead atoms. The van der Waals surface area contributed by atoms with Crippen LogP contribution < -0.4 is 0 Å². The van der Waals surface area contributed by atoms with Crippen molar-refractivity contribution in [1.29, 1.82) is 0 Å². The Labute approximate surface area is 359 Å². The van der Waals surface area contributed by atoms with Gasteiger partial charge in [-0.15, -0.1) is 19.7 Å². The average Bonchev–Trinajstić information content (AvgIpc) is 3.23. The largest absolute Gasteiger partial charge is 0.508 e. The molecule has 0 saturated carbocycles. The zero-order valence-electron chi connectivity index (χ0n) is 39.3. The molecule has 0 spiro atoms. The Morgan fingerprint density at radius 3 is 1.65 bits per heavy atom. The normalized spacial score (nSPS) is 9.44. The summed E-state index contributed by atoms with van der Waals surface area (Å²) in [5.41, 5.74) is 6.86. The van der Waals surface area contributed by atoms with Gasteiger partial charge in [-0.05, 0) is 123 Å². The molecule has 1 unspecified atom stereocenters. The molecular weight excluding hydrogens is 713 g/mol. The second kappa shape index (κ2) is 48.3. The molecule has 0 aliphatic heterocycles. The molecule has 1 N–H and O–H groups in total. The molecule has 0 heterocycles. The topological polar surface area (TPSA) is 37.3 Å². The lowest BCUT2D eigenvalue weighted by Crippen LogP contribution is -2.10. The molecule has 0 aliphatic rings. The lowest BCUT2D eigenvalue weighted by molar-refractivity contribution is -0.106. The molecule has 3 rings (SSSR count). The summed E-state index contributed by atoms with van der Waals surface area (Å²) in [5.74, 6) is 1.83. The van der Waals surface area contributed by atoms with E-state index in [0.29, 0.717) is 5.75 Å². The smallest absolute Gasteiger partial charge is 0.116 e. The maximum Gasteiger partial charge on any atom is 0.116 e. The van der Waals surface area contributed by atoms with Crippen LogP contribution in [0.2, 0.25) is 0 Å². The number of phenolic OH excluding ortho intramolecular Hbond substituents is 1. The van der Waals surface area contributed by atoms with Gasteiger partial charge >= 0.3 is 0 Å². The molecule has 2 nitrogen and oxygen atoms in total. The first-order valence-electron chi connectivity index (χ1n) is 21.4. The van der Waals surface area contributed by atoms with E-state index in [1.54, 1.807) is 30.0 Å². The fourth-order valence-electron chi connectivity index (χ4n) is 4.39. The minimum absolute atomic E-state index is 0.353. The number of unbranched alkanes of at least 4 members (excludes halogenated alkanes) is 1. The van der Waals surface area contributed by atoms with Crippen LogP contribution >= 0.6 is 11.8 Å². The predicted octanol–water partition coefficient (Wildman–Crippen LogP) is 17.8. The number of hydrogen-bond donors (Lipinski definition) is 1. The van der Waals surface area contributed by atoms with E-state index in [1.165, 1.54) is 58.9 Å². The van der Waals surface area contributed by atoms with E-state index < -0.39 is 0 Å². The Morgan fingerprint density at radius 1 is 0.772 bits per heavy atom. The molecule has 3 aromatic carbocycles. The summed E-state index contributed by atoms with van der Waals surface area (Å²) in [7, 11) is 0. The van der Waals surface area contributed by atoms with E-state index in [-0.39, 0.29) is 0 Å². The highest BCUT2D eigenvalue weighted by Crippen LogP contribution is 2.32. The Hall–Kier alpha value is -3.82. The number of phenols is 1. The number of benzene rings is 3. The van der Waals surface area contributed by atoms with Crippen LogP contribution in [0.15, 0.2) is 139 Å².